The van der Waals surface area contributed by atoms with Crippen LogP contribution in [0.4, 0.5) is 0 Å². The van der Waals surface area contributed by atoms with Crippen LogP contribution in [-0.4, -0.2) is 4.21 Å². The summed E-state index contributed by atoms with van der Waals surface area (Å²) in [6, 6.07) is 0. The molecule has 1 fully saturated rings. The Morgan fingerprint density at radius 3 is 2.71 bits per heavy atom. The highest BCUT2D eigenvalue weighted by Crippen LogP contribution is 2.43. The van der Waals surface area contributed by atoms with Gasteiger partial charge in [-0.2, -0.15) is 4.21 Å². The smallest absolute Gasteiger partial charge is 0.241 e. The number of rotatable bonds is 0. The molecule has 0 aromatic carbocycles. The van der Waals surface area contributed by atoms with Crippen LogP contribution in [0, 0.1) is 0 Å². The van der Waals surface area contributed by atoms with Gasteiger partial charge in [-0.05, 0) is 6.08 Å². The molecular weight excluding hydrogens is 112 g/mol. The molecule has 38 valence electrons. The molecule has 2 aliphatic heterocycles. The molecule has 2 nitrogen and oxygen atoms in total. The van der Waals surface area contributed by atoms with E-state index < -0.39 is 10.2 Å². The number of hydrogen-bond donors (Lipinski definition) is 1. The second-order valence-corrected chi connectivity index (χ2v) is 3.65. The van der Waals surface area contributed by atoms with E-state index in [9.17, 15) is 4.21 Å². The van der Waals surface area contributed by atoms with E-state index in [0.29, 0.717) is 5.09 Å². The molecule has 7 heavy (non-hydrogen) atoms. The van der Waals surface area contributed by atoms with Crippen LogP contribution in [0.25, 0.3) is 0 Å². The zero-order chi connectivity index (χ0) is 4.91. The van der Waals surface area contributed by atoms with Gasteiger partial charge in [-0.25, -0.2) is 0 Å². The third-order valence-electron chi connectivity index (χ3n) is 1.03. The molecule has 2 aliphatic rings. The molecule has 2 heterocycles. The van der Waals surface area contributed by atoms with E-state index in [-0.39, 0.29) is 0 Å². The molecular formula is C4H4O2S. The molecule has 0 aliphatic carbocycles. The molecule has 0 spiro atoms. The third-order valence-corrected chi connectivity index (χ3v) is 2.75. The Bertz CT molecular complexity index is 214. The molecule has 0 atom stereocenters. The lowest BCUT2D eigenvalue weighted by molar-refractivity contribution is 0.595. The highest BCUT2D eigenvalue weighted by Gasteiger charge is 2.35. The Labute approximate surface area is 42.1 Å². The molecule has 3 heteroatoms. The predicted molar refractivity (Wildman–Crippen MR) is 27.8 cm³/mol. The van der Waals surface area contributed by atoms with Crippen molar-refractivity contribution in [3.63, 3.8) is 0 Å². The van der Waals surface area contributed by atoms with Crippen molar-refractivity contribution in [2.45, 2.75) is 0 Å². The third kappa shape index (κ3) is 0.268. The molecule has 0 unspecified atom stereocenters. The lowest BCUT2D eigenvalue weighted by Gasteiger charge is -1.81. The maximum atomic E-state index is 10.7. The summed E-state index contributed by atoms with van der Waals surface area (Å²) in [5.41, 5.74) is 0. The van der Waals surface area contributed by atoms with Gasteiger partial charge in [0, 0.05) is 11.5 Å². The molecule has 0 N–H and O–H groups in total. The van der Waals surface area contributed by atoms with Crippen molar-refractivity contribution < 1.29 is 8.39 Å². The van der Waals surface area contributed by atoms with Crippen LogP contribution < -0.4 is 0 Å². The van der Waals surface area contributed by atoms with Crippen molar-refractivity contribution >= 4 is 10.2 Å². The molecule has 0 bridgehead atoms. The van der Waals surface area contributed by atoms with Crippen LogP contribution >= 0.6 is 0 Å². The minimum Gasteiger partial charge on any atom is -0.370 e. The SMILES string of the molecule is O=[SH]12C=CC=C1O2. The quantitative estimate of drug-likeness (QED) is 0.365. The predicted octanol–water partition coefficient (Wildman–Crippen LogP) is 0.317. The Kier molecular flexibility index (Phi) is 0.338. The van der Waals surface area contributed by atoms with Crippen LogP contribution in [0.15, 0.2) is 22.7 Å². The van der Waals surface area contributed by atoms with Crippen LogP contribution in [0.3, 0.4) is 0 Å². The fraction of sp³-hybridized carbons (Fsp3) is 0. The van der Waals surface area contributed by atoms with Gasteiger partial charge < -0.3 is 4.18 Å². The summed E-state index contributed by atoms with van der Waals surface area (Å²) in [5, 5.41) is 2.29. The second kappa shape index (κ2) is 0.690. The monoisotopic (exact) mass is 116 g/mol. The van der Waals surface area contributed by atoms with Gasteiger partial charge in [0.05, 0.1) is 0 Å². The van der Waals surface area contributed by atoms with E-state index in [2.05, 4.69) is 4.18 Å². The summed E-state index contributed by atoms with van der Waals surface area (Å²) in [6.45, 7) is 0. The zero-order valence-electron chi connectivity index (χ0n) is 3.50. The number of thiol groups is 1. The Morgan fingerprint density at radius 2 is 2.57 bits per heavy atom. The number of hydrogen-bond acceptors (Lipinski definition) is 2. The minimum atomic E-state index is -2.20. The lowest BCUT2D eigenvalue weighted by atomic mass is 10.6. The summed E-state index contributed by atoms with van der Waals surface area (Å²) < 4.78 is 15.4. The molecule has 0 amide bonds. The fourth-order valence-electron chi connectivity index (χ4n) is 0.595. The summed E-state index contributed by atoms with van der Waals surface area (Å²) >= 11 is 0. The van der Waals surface area contributed by atoms with Gasteiger partial charge in [0.15, 0.2) is 0 Å². The van der Waals surface area contributed by atoms with Gasteiger partial charge >= 0.3 is 0 Å². The summed E-state index contributed by atoms with van der Waals surface area (Å²) in [6.07, 6.45) is 3.50. The van der Waals surface area contributed by atoms with Crippen LogP contribution in [0.2, 0.25) is 0 Å². The van der Waals surface area contributed by atoms with Gasteiger partial charge in [-0.1, -0.05) is 10.2 Å². The maximum absolute atomic E-state index is 10.7. The molecule has 0 saturated carbocycles. The van der Waals surface area contributed by atoms with Gasteiger partial charge in [0.1, 0.15) is 0 Å². The first-order chi connectivity index (χ1) is 3.31. The first-order valence-electron chi connectivity index (χ1n) is 2.01. The van der Waals surface area contributed by atoms with Crippen LogP contribution in [0.5, 0.6) is 0 Å². The first kappa shape index (κ1) is 3.43. The van der Waals surface area contributed by atoms with Crippen LogP contribution in [-0.2, 0) is 14.4 Å². The average Bonchev–Trinajstić information content (AvgIpc) is 2.09. The molecule has 2 rings (SSSR count). The summed E-state index contributed by atoms with van der Waals surface area (Å²) in [7, 11) is -2.20. The van der Waals surface area contributed by atoms with Gasteiger partial charge in [0.25, 0.3) is 0 Å². The lowest BCUT2D eigenvalue weighted by Crippen LogP contribution is -1.72. The minimum absolute atomic E-state index is 0.674. The highest BCUT2D eigenvalue weighted by molar-refractivity contribution is 8.10. The number of allylic oxidation sites excluding steroid dienone is 2. The topological polar surface area (TPSA) is 29.6 Å². The van der Waals surface area contributed by atoms with Crippen molar-refractivity contribution in [3.05, 3.63) is 22.7 Å². The standard InChI is InChI=1S/C4H4O2S/c5-7-3-1-2-4(7)6-7/h1-3,7H. The van der Waals surface area contributed by atoms with E-state index in [4.69, 9.17) is 0 Å². The maximum Gasteiger partial charge on any atom is 0.241 e. The van der Waals surface area contributed by atoms with Crippen molar-refractivity contribution in [1.29, 1.82) is 0 Å². The Balaban J connectivity index is 2.71. The first-order valence-corrected chi connectivity index (χ1v) is 3.70. The molecule has 0 aromatic rings. The van der Waals surface area contributed by atoms with E-state index in [1.807, 2.05) is 0 Å². The number of fused-ring (bicyclic) bond motifs is 1. The Hall–Kier alpha value is -0.570. The largest absolute Gasteiger partial charge is 0.370 e. The summed E-state index contributed by atoms with van der Waals surface area (Å²) in [5.74, 6) is 0. The zero-order valence-corrected chi connectivity index (χ0v) is 4.39. The van der Waals surface area contributed by atoms with E-state index in [1.54, 1.807) is 17.6 Å². The second-order valence-electron chi connectivity index (χ2n) is 1.53. The van der Waals surface area contributed by atoms with E-state index >= 15 is 0 Å². The van der Waals surface area contributed by atoms with Crippen molar-refractivity contribution in [2.75, 3.05) is 0 Å². The van der Waals surface area contributed by atoms with Gasteiger partial charge in [-0.15, -0.1) is 0 Å². The molecule has 0 radical (unpaired) electrons. The molecule has 1 saturated heterocycles. The van der Waals surface area contributed by atoms with E-state index in [0.717, 1.165) is 0 Å². The van der Waals surface area contributed by atoms with Gasteiger partial charge in [-0.3, -0.25) is 0 Å². The van der Waals surface area contributed by atoms with Gasteiger partial charge in [0.2, 0.25) is 5.09 Å². The van der Waals surface area contributed by atoms with Crippen molar-refractivity contribution in [2.24, 2.45) is 0 Å². The highest BCUT2D eigenvalue weighted by atomic mass is 32.3. The van der Waals surface area contributed by atoms with Crippen molar-refractivity contribution in [3.8, 4) is 0 Å². The normalized spacial score (nSPS) is 32.9. The molecule has 0 aromatic heterocycles. The Morgan fingerprint density at radius 1 is 1.71 bits per heavy atom. The average molecular weight is 116 g/mol. The van der Waals surface area contributed by atoms with E-state index in [1.165, 1.54) is 0 Å². The summed E-state index contributed by atoms with van der Waals surface area (Å²) in [4.78, 5) is 0. The van der Waals surface area contributed by atoms with Crippen LogP contribution in [0.1, 0.15) is 0 Å². The fourth-order valence-corrected chi connectivity index (χ4v) is 1.95. The van der Waals surface area contributed by atoms with Crippen molar-refractivity contribution in [1.82, 2.24) is 0 Å².